The van der Waals surface area contributed by atoms with Crippen molar-refractivity contribution in [2.75, 3.05) is 23.7 Å². The van der Waals surface area contributed by atoms with Crippen molar-refractivity contribution in [3.05, 3.63) is 86.7 Å². The molecular weight excluding hydrogens is 481 g/mol. The Kier molecular flexibility index (Phi) is 6.51. The van der Waals surface area contributed by atoms with Gasteiger partial charge >= 0.3 is 0 Å². The summed E-state index contributed by atoms with van der Waals surface area (Å²) in [5.74, 6) is 0.864. The number of carbonyl (C=O) groups is 1. The van der Waals surface area contributed by atoms with Gasteiger partial charge in [0.25, 0.3) is 5.91 Å². The maximum atomic E-state index is 14.1. The lowest BCUT2D eigenvalue weighted by Crippen LogP contribution is -2.43. The molecule has 3 heterocycles. The highest BCUT2D eigenvalue weighted by Crippen LogP contribution is 2.39. The minimum absolute atomic E-state index is 0.0260. The van der Waals surface area contributed by atoms with E-state index in [0.29, 0.717) is 22.2 Å². The molecule has 6 nitrogen and oxygen atoms in total. The van der Waals surface area contributed by atoms with Crippen LogP contribution in [0.25, 0.3) is 0 Å². The predicted octanol–water partition coefficient (Wildman–Crippen LogP) is 6.20. The lowest BCUT2D eigenvalue weighted by atomic mass is 9.94. The van der Waals surface area contributed by atoms with Crippen molar-refractivity contribution in [3.8, 4) is 0 Å². The molecule has 2 atom stereocenters. The Hall–Kier alpha value is -2.96. The predicted molar refractivity (Wildman–Crippen MR) is 142 cm³/mol. The second kappa shape index (κ2) is 9.59. The van der Waals surface area contributed by atoms with E-state index in [1.54, 1.807) is 12.3 Å². The summed E-state index contributed by atoms with van der Waals surface area (Å²) in [4.78, 5) is 16.1. The van der Waals surface area contributed by atoms with Crippen LogP contribution in [0.4, 0.5) is 11.5 Å². The number of hydrogen-bond acceptors (Lipinski definition) is 4. The summed E-state index contributed by atoms with van der Waals surface area (Å²) < 4.78 is 1.85. The number of aryl methyl sites for hydroxylation is 2. The van der Waals surface area contributed by atoms with E-state index in [-0.39, 0.29) is 11.9 Å². The van der Waals surface area contributed by atoms with E-state index in [1.165, 1.54) is 11.1 Å². The number of carbonyl (C=O) groups excluding carboxylic acids is 1. The van der Waals surface area contributed by atoms with Gasteiger partial charge in [-0.3, -0.25) is 4.79 Å². The van der Waals surface area contributed by atoms with Gasteiger partial charge in [0, 0.05) is 36.6 Å². The molecule has 182 valence electrons. The Morgan fingerprint density at radius 2 is 1.89 bits per heavy atom. The number of halogens is 2. The molecule has 2 unspecified atom stereocenters. The van der Waals surface area contributed by atoms with Crippen LogP contribution < -0.4 is 10.6 Å². The van der Waals surface area contributed by atoms with E-state index in [4.69, 9.17) is 23.2 Å². The molecule has 0 bridgehead atoms. The first-order valence-electron chi connectivity index (χ1n) is 11.9. The molecule has 1 amide bonds. The summed E-state index contributed by atoms with van der Waals surface area (Å²) in [5.41, 5.74) is 5.95. The molecule has 5 rings (SSSR count). The maximum absolute atomic E-state index is 14.1. The molecule has 0 radical (unpaired) electrons. The fourth-order valence-electron chi connectivity index (χ4n) is 5.26. The molecule has 1 saturated heterocycles. The molecule has 0 saturated carbocycles. The van der Waals surface area contributed by atoms with Gasteiger partial charge in [0.05, 0.1) is 21.8 Å². The Morgan fingerprint density at radius 3 is 2.63 bits per heavy atom. The van der Waals surface area contributed by atoms with Crippen LogP contribution in [-0.2, 0) is 4.79 Å². The van der Waals surface area contributed by atoms with Crippen LogP contribution in [0.15, 0.2) is 59.9 Å². The molecule has 1 aromatic heterocycles. The molecule has 8 heteroatoms. The third kappa shape index (κ3) is 4.41. The molecular formula is C27H29Cl2N5O. The number of hydrogen-bond donors (Lipinski definition) is 2. The molecule has 2 aliphatic rings. The molecule has 2 aliphatic heterocycles. The number of nitrogens with zero attached hydrogens (tertiary/aromatic N) is 3. The standard InChI is InChI=1S/C27H29Cl2N5O/c1-16-6-4-7-17(2)25(16)30-15-20-8-5-13-33(20)27(35)24-18(3)32-23-11-12-31-34(23)26(24)19-9-10-21(28)22(29)14-19/h4,6-7,9-12,14,20,26,30,32H,5,8,13,15H2,1-3H3. The summed E-state index contributed by atoms with van der Waals surface area (Å²) in [7, 11) is 0. The number of para-hydroxylation sites is 1. The van der Waals surface area contributed by atoms with Crippen molar-refractivity contribution >= 4 is 40.6 Å². The summed E-state index contributed by atoms with van der Waals surface area (Å²) in [5, 5.41) is 12.5. The molecule has 2 N–H and O–H groups in total. The Bertz CT molecular complexity index is 1290. The van der Waals surface area contributed by atoms with Crippen LogP contribution in [0.2, 0.25) is 10.0 Å². The average Bonchev–Trinajstić information content (AvgIpc) is 3.48. The van der Waals surface area contributed by atoms with Gasteiger partial charge in [-0.2, -0.15) is 5.10 Å². The second-order valence-corrected chi connectivity index (χ2v) is 10.2. The Balaban J connectivity index is 1.45. The zero-order valence-corrected chi connectivity index (χ0v) is 21.6. The van der Waals surface area contributed by atoms with Crippen molar-refractivity contribution in [1.82, 2.24) is 14.7 Å². The van der Waals surface area contributed by atoms with E-state index in [1.807, 2.05) is 34.7 Å². The fourth-order valence-corrected chi connectivity index (χ4v) is 5.56. The third-order valence-electron chi connectivity index (χ3n) is 7.03. The topological polar surface area (TPSA) is 62.2 Å². The highest BCUT2D eigenvalue weighted by molar-refractivity contribution is 6.42. The molecule has 0 aliphatic carbocycles. The van der Waals surface area contributed by atoms with Crippen LogP contribution in [0.3, 0.4) is 0 Å². The van der Waals surface area contributed by atoms with E-state index < -0.39 is 6.04 Å². The minimum Gasteiger partial charge on any atom is -0.383 e. The third-order valence-corrected chi connectivity index (χ3v) is 7.77. The number of nitrogens with one attached hydrogen (secondary N) is 2. The fraction of sp³-hybridized carbons (Fsp3) is 0.333. The van der Waals surface area contributed by atoms with Gasteiger partial charge in [0.2, 0.25) is 0 Å². The van der Waals surface area contributed by atoms with Gasteiger partial charge in [-0.25, -0.2) is 4.68 Å². The largest absolute Gasteiger partial charge is 0.383 e. The first-order chi connectivity index (χ1) is 16.8. The Morgan fingerprint density at radius 1 is 1.11 bits per heavy atom. The second-order valence-electron chi connectivity index (χ2n) is 9.34. The first kappa shape index (κ1) is 23.8. The summed E-state index contributed by atoms with van der Waals surface area (Å²) in [6, 6.07) is 13.4. The van der Waals surface area contributed by atoms with Crippen molar-refractivity contribution < 1.29 is 4.79 Å². The maximum Gasteiger partial charge on any atom is 0.254 e. The molecule has 1 fully saturated rings. The van der Waals surface area contributed by atoms with Crippen LogP contribution >= 0.6 is 23.2 Å². The van der Waals surface area contributed by atoms with Crippen LogP contribution in [0.5, 0.6) is 0 Å². The lowest BCUT2D eigenvalue weighted by molar-refractivity contribution is -0.128. The molecule has 35 heavy (non-hydrogen) atoms. The zero-order valence-electron chi connectivity index (χ0n) is 20.1. The highest BCUT2D eigenvalue weighted by Gasteiger charge is 2.38. The number of rotatable bonds is 5. The summed E-state index contributed by atoms with van der Waals surface area (Å²) in [6.07, 6.45) is 3.68. The number of amides is 1. The van der Waals surface area contributed by atoms with Crippen LogP contribution in [0, 0.1) is 13.8 Å². The SMILES string of the molecule is CC1=C(C(=O)N2CCCC2CNc2c(C)cccc2C)C(c2ccc(Cl)c(Cl)c2)n2nccc2N1. The zero-order chi connectivity index (χ0) is 24.7. The number of benzene rings is 2. The quantitative estimate of drug-likeness (QED) is 0.429. The van der Waals surface area contributed by atoms with Crippen molar-refractivity contribution in [2.45, 2.75) is 45.7 Å². The molecule has 3 aromatic rings. The van der Waals surface area contributed by atoms with Crippen LogP contribution in [0.1, 0.15) is 42.5 Å². The van der Waals surface area contributed by atoms with Gasteiger partial charge in [0.15, 0.2) is 0 Å². The van der Waals surface area contributed by atoms with Crippen molar-refractivity contribution in [2.24, 2.45) is 0 Å². The summed E-state index contributed by atoms with van der Waals surface area (Å²) >= 11 is 12.6. The van der Waals surface area contributed by atoms with Crippen LogP contribution in [-0.4, -0.2) is 39.7 Å². The van der Waals surface area contributed by atoms with Gasteiger partial charge < -0.3 is 15.5 Å². The average molecular weight is 510 g/mol. The van der Waals surface area contributed by atoms with Gasteiger partial charge in [0.1, 0.15) is 11.9 Å². The van der Waals surface area contributed by atoms with Gasteiger partial charge in [-0.15, -0.1) is 0 Å². The smallest absolute Gasteiger partial charge is 0.254 e. The van der Waals surface area contributed by atoms with Crippen molar-refractivity contribution in [3.63, 3.8) is 0 Å². The summed E-state index contributed by atoms with van der Waals surface area (Å²) in [6.45, 7) is 7.61. The number of likely N-dealkylation sites (tertiary alicyclic amines) is 1. The minimum atomic E-state index is -0.392. The van der Waals surface area contributed by atoms with E-state index >= 15 is 0 Å². The van der Waals surface area contributed by atoms with Gasteiger partial charge in [-0.1, -0.05) is 47.5 Å². The molecule has 0 spiro atoms. The molecule has 2 aromatic carbocycles. The number of fused-ring (bicyclic) bond motifs is 1. The lowest BCUT2D eigenvalue weighted by Gasteiger charge is -2.34. The Labute approximate surface area is 215 Å². The van der Waals surface area contributed by atoms with E-state index in [0.717, 1.165) is 42.2 Å². The number of allylic oxidation sites excluding steroid dienone is 1. The van der Waals surface area contributed by atoms with E-state index in [2.05, 4.69) is 47.8 Å². The van der Waals surface area contributed by atoms with E-state index in [9.17, 15) is 4.79 Å². The van der Waals surface area contributed by atoms with Crippen molar-refractivity contribution in [1.29, 1.82) is 0 Å². The monoisotopic (exact) mass is 509 g/mol. The number of aromatic nitrogens is 2. The first-order valence-corrected chi connectivity index (χ1v) is 12.7. The van der Waals surface area contributed by atoms with Gasteiger partial charge in [-0.05, 0) is 62.4 Å². The highest BCUT2D eigenvalue weighted by atomic mass is 35.5. The normalized spacial score (nSPS) is 19.5. The number of anilines is 2.